The summed E-state index contributed by atoms with van der Waals surface area (Å²) in [5, 5.41) is 11.6. The minimum atomic E-state index is -0.808. The Balaban J connectivity index is 1.97. The molecule has 0 bridgehead atoms. The molecule has 0 heterocycles. The average Bonchev–Trinajstić information content (AvgIpc) is 2.97. The first-order valence-corrected chi connectivity index (χ1v) is 7.82. The number of carbonyl (C=O) groups is 2. The molecule has 2 N–H and O–H groups in total. The number of nitrogens with one attached hydrogen (secondary N) is 1. The van der Waals surface area contributed by atoms with E-state index in [1.807, 2.05) is 31.2 Å². The summed E-state index contributed by atoms with van der Waals surface area (Å²) in [6.45, 7) is 2.44. The summed E-state index contributed by atoms with van der Waals surface area (Å²) >= 11 is 0. The highest BCUT2D eigenvalue weighted by molar-refractivity contribution is 5.97. The van der Waals surface area contributed by atoms with Gasteiger partial charge in [-0.05, 0) is 56.7 Å². The first-order valence-electron chi connectivity index (χ1n) is 7.82. The molecular formula is C17H23NO4. The molecule has 1 aromatic carbocycles. The Morgan fingerprint density at radius 3 is 2.41 bits per heavy atom. The molecule has 0 atom stereocenters. The third-order valence-electron chi connectivity index (χ3n) is 4.09. The van der Waals surface area contributed by atoms with Crippen LogP contribution in [0.1, 0.15) is 44.6 Å². The number of amides is 1. The van der Waals surface area contributed by atoms with Gasteiger partial charge in [-0.3, -0.25) is 9.59 Å². The van der Waals surface area contributed by atoms with Crippen LogP contribution in [0.5, 0.6) is 0 Å². The molecule has 1 aliphatic rings. The van der Waals surface area contributed by atoms with E-state index in [4.69, 9.17) is 9.84 Å². The van der Waals surface area contributed by atoms with Gasteiger partial charge in [0.25, 0.3) is 5.91 Å². The van der Waals surface area contributed by atoms with Crippen LogP contribution in [0.15, 0.2) is 24.3 Å². The minimum Gasteiger partial charge on any atom is -0.481 e. The summed E-state index contributed by atoms with van der Waals surface area (Å²) in [5.41, 5.74) is 0.979. The van der Waals surface area contributed by atoms with Crippen LogP contribution < -0.4 is 5.32 Å². The van der Waals surface area contributed by atoms with Gasteiger partial charge in [0.05, 0.1) is 0 Å². The van der Waals surface area contributed by atoms with E-state index in [9.17, 15) is 9.59 Å². The summed E-state index contributed by atoms with van der Waals surface area (Å²) in [5.74, 6) is -0.887. The maximum Gasteiger partial charge on any atom is 0.303 e. The van der Waals surface area contributed by atoms with Crippen molar-refractivity contribution in [1.29, 1.82) is 0 Å². The molecule has 1 saturated carbocycles. The number of carbonyl (C=O) groups excluding carboxylic acids is 1. The molecule has 2 rings (SSSR count). The summed E-state index contributed by atoms with van der Waals surface area (Å²) < 4.78 is 5.74. The maximum absolute atomic E-state index is 12.5. The molecule has 5 nitrogen and oxygen atoms in total. The number of aliphatic carboxylic acids is 1. The van der Waals surface area contributed by atoms with E-state index >= 15 is 0 Å². The first-order chi connectivity index (χ1) is 10.6. The second-order valence-corrected chi connectivity index (χ2v) is 5.68. The lowest BCUT2D eigenvalue weighted by atomic mass is 10.0. The topological polar surface area (TPSA) is 75.6 Å². The Morgan fingerprint density at radius 2 is 1.86 bits per heavy atom. The van der Waals surface area contributed by atoms with E-state index in [1.165, 1.54) is 0 Å². The number of hydrogen-bond acceptors (Lipinski definition) is 3. The highest BCUT2D eigenvalue weighted by atomic mass is 16.5. The van der Waals surface area contributed by atoms with Crippen LogP contribution in [0.4, 0.5) is 5.69 Å². The summed E-state index contributed by atoms with van der Waals surface area (Å²) in [7, 11) is 0. The van der Waals surface area contributed by atoms with Gasteiger partial charge in [0.1, 0.15) is 5.60 Å². The van der Waals surface area contributed by atoms with Gasteiger partial charge in [0.2, 0.25) is 0 Å². The fourth-order valence-electron chi connectivity index (χ4n) is 2.91. The molecule has 22 heavy (non-hydrogen) atoms. The van der Waals surface area contributed by atoms with Crippen molar-refractivity contribution in [2.75, 3.05) is 11.9 Å². The van der Waals surface area contributed by atoms with Crippen molar-refractivity contribution in [3.63, 3.8) is 0 Å². The summed E-state index contributed by atoms with van der Waals surface area (Å²) in [6.07, 6.45) is 4.17. The van der Waals surface area contributed by atoms with Crippen LogP contribution in [-0.2, 0) is 20.7 Å². The Hall–Kier alpha value is -1.88. The van der Waals surface area contributed by atoms with Gasteiger partial charge in [-0.15, -0.1) is 0 Å². The van der Waals surface area contributed by atoms with Gasteiger partial charge in [-0.1, -0.05) is 12.1 Å². The lowest BCUT2D eigenvalue weighted by Crippen LogP contribution is -2.43. The van der Waals surface area contributed by atoms with Crippen molar-refractivity contribution < 1.29 is 19.4 Å². The van der Waals surface area contributed by atoms with Gasteiger partial charge >= 0.3 is 5.97 Å². The van der Waals surface area contributed by atoms with Crippen molar-refractivity contribution in [3.8, 4) is 0 Å². The molecule has 1 fully saturated rings. The summed E-state index contributed by atoms with van der Waals surface area (Å²) in [4.78, 5) is 23.1. The number of aryl methyl sites for hydroxylation is 1. The standard InChI is InChI=1S/C17H23NO4/c1-2-22-17(11-3-4-12-17)16(21)18-14-8-5-13(6-9-14)7-10-15(19)20/h5-6,8-9H,2-4,7,10-12H2,1H3,(H,18,21)(H,19,20). The molecule has 0 radical (unpaired) electrons. The fourth-order valence-corrected chi connectivity index (χ4v) is 2.91. The number of carboxylic acids is 1. The predicted octanol–water partition coefficient (Wildman–Crippen LogP) is 2.99. The molecule has 5 heteroatoms. The SMILES string of the molecule is CCOC1(C(=O)Nc2ccc(CCC(=O)O)cc2)CCCC1. The van der Waals surface area contributed by atoms with Gasteiger partial charge < -0.3 is 15.2 Å². The van der Waals surface area contributed by atoms with E-state index in [2.05, 4.69) is 5.32 Å². The molecule has 0 aliphatic heterocycles. The lowest BCUT2D eigenvalue weighted by molar-refractivity contribution is -0.140. The number of carboxylic acid groups (broad SMARTS) is 1. The van der Waals surface area contributed by atoms with Crippen molar-refractivity contribution >= 4 is 17.6 Å². The second-order valence-electron chi connectivity index (χ2n) is 5.68. The third kappa shape index (κ3) is 4.07. The Kier molecular flexibility index (Phi) is 5.55. The van der Waals surface area contributed by atoms with E-state index in [0.717, 1.165) is 36.9 Å². The van der Waals surface area contributed by atoms with Crippen molar-refractivity contribution in [1.82, 2.24) is 0 Å². The van der Waals surface area contributed by atoms with E-state index in [0.29, 0.717) is 13.0 Å². The first kappa shape index (κ1) is 16.5. The van der Waals surface area contributed by atoms with Crippen LogP contribution in [0, 0.1) is 0 Å². The Bertz CT molecular complexity index is 518. The molecule has 120 valence electrons. The molecule has 1 aliphatic carbocycles. The average molecular weight is 305 g/mol. The molecule has 1 aromatic rings. The number of anilines is 1. The molecule has 0 saturated heterocycles. The van der Waals surface area contributed by atoms with Crippen molar-refractivity contribution in [2.45, 2.75) is 51.0 Å². The third-order valence-corrected chi connectivity index (χ3v) is 4.09. The molecule has 0 aromatic heterocycles. The fraction of sp³-hybridized carbons (Fsp3) is 0.529. The number of ether oxygens (including phenoxy) is 1. The molecule has 1 amide bonds. The smallest absolute Gasteiger partial charge is 0.303 e. The highest BCUT2D eigenvalue weighted by Crippen LogP contribution is 2.34. The van der Waals surface area contributed by atoms with Crippen LogP contribution >= 0.6 is 0 Å². The zero-order valence-corrected chi connectivity index (χ0v) is 12.9. The number of hydrogen-bond donors (Lipinski definition) is 2. The van der Waals surface area contributed by atoms with Crippen LogP contribution in [0.2, 0.25) is 0 Å². The molecule has 0 spiro atoms. The monoisotopic (exact) mass is 305 g/mol. The predicted molar refractivity (Wildman–Crippen MR) is 83.9 cm³/mol. The zero-order valence-electron chi connectivity index (χ0n) is 12.9. The quantitative estimate of drug-likeness (QED) is 0.812. The summed E-state index contributed by atoms with van der Waals surface area (Å²) in [6, 6.07) is 7.31. The number of rotatable bonds is 7. The highest BCUT2D eigenvalue weighted by Gasteiger charge is 2.41. The largest absolute Gasteiger partial charge is 0.481 e. The van der Waals surface area contributed by atoms with E-state index < -0.39 is 11.6 Å². The molecular weight excluding hydrogens is 282 g/mol. The van der Waals surface area contributed by atoms with Gasteiger partial charge in [-0.25, -0.2) is 0 Å². The van der Waals surface area contributed by atoms with Crippen molar-refractivity contribution in [3.05, 3.63) is 29.8 Å². The van der Waals surface area contributed by atoms with Gasteiger partial charge in [0, 0.05) is 18.7 Å². The second kappa shape index (κ2) is 7.40. The van der Waals surface area contributed by atoms with Crippen LogP contribution in [-0.4, -0.2) is 29.2 Å². The Labute approximate surface area is 130 Å². The molecule has 0 unspecified atom stereocenters. The maximum atomic E-state index is 12.5. The van der Waals surface area contributed by atoms with Crippen LogP contribution in [0.25, 0.3) is 0 Å². The van der Waals surface area contributed by atoms with E-state index in [-0.39, 0.29) is 12.3 Å². The van der Waals surface area contributed by atoms with E-state index in [1.54, 1.807) is 0 Å². The minimum absolute atomic E-state index is 0.0786. The zero-order chi connectivity index (χ0) is 16.0. The van der Waals surface area contributed by atoms with Crippen LogP contribution in [0.3, 0.4) is 0 Å². The lowest BCUT2D eigenvalue weighted by Gasteiger charge is -2.27. The van der Waals surface area contributed by atoms with Gasteiger partial charge in [-0.2, -0.15) is 0 Å². The van der Waals surface area contributed by atoms with Gasteiger partial charge in [0.15, 0.2) is 0 Å². The van der Waals surface area contributed by atoms with Crippen molar-refractivity contribution in [2.24, 2.45) is 0 Å². The normalized spacial score (nSPS) is 16.4. The Morgan fingerprint density at radius 1 is 1.23 bits per heavy atom. The number of benzene rings is 1.